The van der Waals surface area contributed by atoms with E-state index < -0.39 is 0 Å². The van der Waals surface area contributed by atoms with Gasteiger partial charge in [-0.3, -0.25) is 9.69 Å². The van der Waals surface area contributed by atoms with E-state index in [4.69, 9.17) is 9.15 Å². The predicted molar refractivity (Wildman–Crippen MR) is 136 cm³/mol. The number of benzene rings is 2. The molecule has 10 heteroatoms. The number of tetrazole rings is 1. The summed E-state index contributed by atoms with van der Waals surface area (Å²) < 4.78 is 12.4. The molecule has 1 atom stereocenters. The Bertz CT molecular complexity index is 1250. The number of hydrogen-bond donors (Lipinski definition) is 0. The van der Waals surface area contributed by atoms with Crippen LogP contribution in [0, 0.1) is 6.92 Å². The summed E-state index contributed by atoms with van der Waals surface area (Å²) in [4.78, 5) is 16.9. The molecule has 0 saturated carbocycles. The molecule has 0 aliphatic carbocycles. The molecule has 0 N–H and O–H groups in total. The molecular formula is C26H29ClN6O3. The van der Waals surface area contributed by atoms with Crippen LogP contribution in [0.4, 0.5) is 0 Å². The number of carbonyl (C=O) groups excluding carboxylic acids is 1. The summed E-state index contributed by atoms with van der Waals surface area (Å²) in [5.41, 5.74) is 3.39. The molecule has 1 saturated heterocycles. The maximum absolute atomic E-state index is 12.7. The van der Waals surface area contributed by atoms with E-state index in [1.807, 2.05) is 33.8 Å². The SMILES string of the molecule is COc1ccc(Cn2nnnc2C(c2ccc(C)cc2)N2CCN(C(=O)c3ccco3)CC2)cc1.Cl. The zero-order valence-corrected chi connectivity index (χ0v) is 21.1. The monoisotopic (exact) mass is 508 g/mol. The normalized spacial score (nSPS) is 14.8. The fourth-order valence-electron chi connectivity index (χ4n) is 4.44. The summed E-state index contributed by atoms with van der Waals surface area (Å²) in [6.07, 6.45) is 1.53. The van der Waals surface area contributed by atoms with Crippen LogP contribution in [0.15, 0.2) is 71.3 Å². The topological polar surface area (TPSA) is 89.5 Å². The van der Waals surface area contributed by atoms with Crippen molar-refractivity contribution in [3.63, 3.8) is 0 Å². The Morgan fingerprint density at radius 1 is 1.03 bits per heavy atom. The number of aryl methyl sites for hydroxylation is 1. The minimum Gasteiger partial charge on any atom is -0.497 e. The highest BCUT2D eigenvalue weighted by Gasteiger charge is 2.32. The van der Waals surface area contributed by atoms with Gasteiger partial charge >= 0.3 is 0 Å². The molecule has 4 aromatic rings. The Labute approximate surface area is 216 Å². The van der Waals surface area contributed by atoms with Crippen LogP contribution in [-0.4, -0.2) is 69.2 Å². The van der Waals surface area contributed by atoms with Gasteiger partial charge in [-0.15, -0.1) is 17.5 Å². The first-order valence-corrected chi connectivity index (χ1v) is 11.6. The Hall–Kier alpha value is -3.69. The van der Waals surface area contributed by atoms with Gasteiger partial charge in [0.15, 0.2) is 11.6 Å². The zero-order chi connectivity index (χ0) is 24.2. The van der Waals surface area contributed by atoms with E-state index >= 15 is 0 Å². The molecule has 1 fully saturated rings. The molecule has 1 aliphatic rings. The van der Waals surface area contributed by atoms with Crippen LogP contribution in [0.1, 0.15) is 39.1 Å². The number of piperazine rings is 1. The average molecular weight is 509 g/mol. The average Bonchev–Trinajstić information content (AvgIpc) is 3.59. The van der Waals surface area contributed by atoms with Crippen LogP contribution in [0.25, 0.3) is 0 Å². The number of halogens is 1. The van der Waals surface area contributed by atoms with Gasteiger partial charge in [0.05, 0.1) is 26.0 Å². The van der Waals surface area contributed by atoms with Crippen LogP contribution in [0.5, 0.6) is 5.75 Å². The Kier molecular flexibility index (Phi) is 8.02. The quantitative estimate of drug-likeness (QED) is 0.377. The number of hydrogen-bond acceptors (Lipinski definition) is 7. The molecule has 188 valence electrons. The summed E-state index contributed by atoms with van der Waals surface area (Å²) >= 11 is 0. The van der Waals surface area contributed by atoms with Crippen molar-refractivity contribution in [2.45, 2.75) is 19.5 Å². The van der Waals surface area contributed by atoms with Crippen LogP contribution in [0.3, 0.4) is 0 Å². The molecule has 0 bridgehead atoms. The second-order valence-electron chi connectivity index (χ2n) is 8.66. The third kappa shape index (κ3) is 5.42. The predicted octanol–water partition coefficient (Wildman–Crippen LogP) is 3.60. The smallest absolute Gasteiger partial charge is 0.289 e. The molecule has 1 unspecified atom stereocenters. The van der Waals surface area contributed by atoms with Gasteiger partial charge in [-0.2, -0.15) is 0 Å². The number of carbonyl (C=O) groups is 1. The summed E-state index contributed by atoms with van der Waals surface area (Å²) in [5.74, 6) is 1.88. The van der Waals surface area contributed by atoms with Crippen molar-refractivity contribution in [2.75, 3.05) is 33.3 Å². The van der Waals surface area contributed by atoms with E-state index in [9.17, 15) is 4.79 Å². The van der Waals surface area contributed by atoms with Crippen LogP contribution in [0.2, 0.25) is 0 Å². The number of nitrogens with zero attached hydrogens (tertiary/aromatic N) is 6. The lowest BCUT2D eigenvalue weighted by Gasteiger charge is -2.38. The largest absolute Gasteiger partial charge is 0.497 e. The van der Waals surface area contributed by atoms with Crippen molar-refractivity contribution in [1.82, 2.24) is 30.0 Å². The number of ether oxygens (including phenoxy) is 1. The summed E-state index contributed by atoms with van der Waals surface area (Å²) in [6, 6.07) is 19.7. The van der Waals surface area contributed by atoms with Gasteiger partial charge in [-0.25, -0.2) is 4.68 Å². The first kappa shape index (κ1) is 25.4. The van der Waals surface area contributed by atoms with Crippen molar-refractivity contribution in [2.24, 2.45) is 0 Å². The second kappa shape index (κ2) is 11.4. The van der Waals surface area contributed by atoms with Gasteiger partial charge in [-0.1, -0.05) is 42.0 Å². The lowest BCUT2D eigenvalue weighted by Crippen LogP contribution is -2.50. The van der Waals surface area contributed by atoms with E-state index in [1.54, 1.807) is 19.2 Å². The van der Waals surface area contributed by atoms with E-state index in [0.29, 0.717) is 38.5 Å². The van der Waals surface area contributed by atoms with Gasteiger partial charge in [0.25, 0.3) is 5.91 Å². The zero-order valence-electron chi connectivity index (χ0n) is 20.3. The second-order valence-corrected chi connectivity index (χ2v) is 8.66. The van der Waals surface area contributed by atoms with E-state index in [-0.39, 0.29) is 24.4 Å². The van der Waals surface area contributed by atoms with E-state index in [2.05, 4.69) is 51.6 Å². The minimum atomic E-state index is -0.135. The first-order chi connectivity index (χ1) is 17.1. The molecule has 0 spiro atoms. The maximum Gasteiger partial charge on any atom is 0.289 e. The molecule has 0 radical (unpaired) electrons. The van der Waals surface area contributed by atoms with E-state index in [0.717, 1.165) is 22.7 Å². The molecule has 2 aromatic heterocycles. The first-order valence-electron chi connectivity index (χ1n) is 11.6. The lowest BCUT2D eigenvalue weighted by atomic mass is 10.0. The fraction of sp³-hybridized carbons (Fsp3) is 0.308. The van der Waals surface area contributed by atoms with Crippen molar-refractivity contribution in [3.05, 3.63) is 95.2 Å². The van der Waals surface area contributed by atoms with Gasteiger partial charge in [0, 0.05) is 26.2 Å². The third-order valence-corrected chi connectivity index (χ3v) is 6.39. The Morgan fingerprint density at radius 2 is 1.75 bits per heavy atom. The van der Waals surface area contributed by atoms with Gasteiger partial charge < -0.3 is 14.1 Å². The van der Waals surface area contributed by atoms with Gasteiger partial charge in [-0.05, 0) is 52.7 Å². The van der Waals surface area contributed by atoms with Gasteiger partial charge in [0.2, 0.25) is 0 Å². The molecule has 3 heterocycles. The third-order valence-electron chi connectivity index (χ3n) is 6.39. The number of methoxy groups -OCH3 is 1. The molecular weight excluding hydrogens is 480 g/mol. The minimum absolute atomic E-state index is 0. The highest BCUT2D eigenvalue weighted by Crippen LogP contribution is 2.29. The number of amides is 1. The lowest BCUT2D eigenvalue weighted by molar-refractivity contribution is 0.0559. The fourth-order valence-corrected chi connectivity index (χ4v) is 4.44. The summed E-state index contributed by atoms with van der Waals surface area (Å²) in [7, 11) is 1.66. The Morgan fingerprint density at radius 3 is 2.39 bits per heavy atom. The summed E-state index contributed by atoms with van der Waals surface area (Å²) in [5, 5.41) is 12.8. The van der Waals surface area contributed by atoms with Crippen molar-refractivity contribution >= 4 is 18.3 Å². The standard InChI is InChI=1S/C26H28N6O3.ClH/c1-19-5-9-21(10-6-19)24(30-13-15-31(16-14-30)26(33)23-4-3-17-35-23)25-27-28-29-32(25)18-20-7-11-22(34-2)12-8-20;/h3-12,17,24H,13-16,18H2,1-2H3;1H. The molecule has 1 amide bonds. The van der Waals surface area contributed by atoms with Crippen LogP contribution >= 0.6 is 12.4 Å². The Balaban J connectivity index is 0.00000304. The highest BCUT2D eigenvalue weighted by molar-refractivity contribution is 5.91. The highest BCUT2D eigenvalue weighted by atomic mass is 35.5. The molecule has 2 aromatic carbocycles. The molecule has 1 aliphatic heterocycles. The molecule has 9 nitrogen and oxygen atoms in total. The number of furan rings is 1. The number of rotatable bonds is 7. The van der Waals surface area contributed by atoms with Crippen molar-refractivity contribution in [3.8, 4) is 5.75 Å². The van der Waals surface area contributed by atoms with Crippen LogP contribution in [-0.2, 0) is 6.54 Å². The molecule has 5 rings (SSSR count). The van der Waals surface area contributed by atoms with Crippen molar-refractivity contribution in [1.29, 1.82) is 0 Å². The van der Waals surface area contributed by atoms with Crippen molar-refractivity contribution < 1.29 is 13.9 Å². The maximum atomic E-state index is 12.7. The van der Waals surface area contributed by atoms with Gasteiger partial charge in [0.1, 0.15) is 5.75 Å². The summed E-state index contributed by atoms with van der Waals surface area (Å²) in [6.45, 7) is 5.21. The molecule has 36 heavy (non-hydrogen) atoms. The number of aromatic nitrogens is 4. The van der Waals surface area contributed by atoms with Crippen LogP contribution < -0.4 is 4.74 Å². The van der Waals surface area contributed by atoms with E-state index in [1.165, 1.54) is 11.8 Å².